The molecule has 62 valence electrons. The van der Waals surface area contributed by atoms with Gasteiger partial charge in [-0.3, -0.25) is 5.84 Å². The van der Waals surface area contributed by atoms with Gasteiger partial charge in [0.05, 0.1) is 10.7 Å². The summed E-state index contributed by atoms with van der Waals surface area (Å²) in [5.74, 6) is 5.34. The van der Waals surface area contributed by atoms with Crippen molar-refractivity contribution < 1.29 is 0 Å². The zero-order chi connectivity index (χ0) is 8.55. The molecule has 0 atom stereocenters. The molecular weight excluding hydrogens is 192 g/mol. The molecule has 2 nitrogen and oxygen atoms in total. The normalized spacial score (nSPS) is 10.5. The summed E-state index contributed by atoms with van der Waals surface area (Å²) >= 11 is 7.59. The fourth-order valence-electron chi connectivity index (χ4n) is 1.17. The molecule has 0 radical (unpaired) electrons. The second kappa shape index (κ2) is 2.94. The van der Waals surface area contributed by atoms with Gasteiger partial charge in [-0.2, -0.15) is 0 Å². The third-order valence-electron chi connectivity index (χ3n) is 1.71. The lowest BCUT2D eigenvalue weighted by atomic mass is 10.2. The van der Waals surface area contributed by atoms with Gasteiger partial charge in [-0.15, -0.1) is 11.3 Å². The Morgan fingerprint density at radius 3 is 3.00 bits per heavy atom. The molecule has 0 spiro atoms. The van der Waals surface area contributed by atoms with Gasteiger partial charge < -0.3 is 5.43 Å². The minimum Gasteiger partial charge on any atom is -0.323 e. The molecule has 2 rings (SSSR count). The summed E-state index contributed by atoms with van der Waals surface area (Å²) in [6, 6.07) is 5.87. The summed E-state index contributed by atoms with van der Waals surface area (Å²) in [7, 11) is 0. The van der Waals surface area contributed by atoms with E-state index in [9.17, 15) is 0 Å². The van der Waals surface area contributed by atoms with Crippen molar-refractivity contribution in [2.45, 2.75) is 0 Å². The molecule has 12 heavy (non-hydrogen) atoms. The van der Waals surface area contributed by atoms with E-state index in [-0.39, 0.29) is 0 Å². The Bertz CT molecular complexity index is 410. The third-order valence-corrected chi connectivity index (χ3v) is 3.09. The van der Waals surface area contributed by atoms with Crippen molar-refractivity contribution in [2.24, 2.45) is 5.84 Å². The quantitative estimate of drug-likeness (QED) is 0.546. The Morgan fingerprint density at radius 1 is 1.42 bits per heavy atom. The SMILES string of the molecule is NNc1cccc2scc(Cl)c12. The lowest BCUT2D eigenvalue weighted by Gasteiger charge is -2.00. The highest BCUT2D eigenvalue weighted by atomic mass is 35.5. The maximum Gasteiger partial charge on any atom is 0.0613 e. The molecule has 3 N–H and O–H groups in total. The Kier molecular flexibility index (Phi) is 1.92. The van der Waals surface area contributed by atoms with E-state index in [1.807, 2.05) is 23.6 Å². The van der Waals surface area contributed by atoms with E-state index < -0.39 is 0 Å². The first-order valence-corrected chi connectivity index (χ1v) is 4.71. The van der Waals surface area contributed by atoms with Gasteiger partial charge in [-0.05, 0) is 12.1 Å². The van der Waals surface area contributed by atoms with E-state index in [1.54, 1.807) is 11.3 Å². The molecule has 2 aromatic rings. The summed E-state index contributed by atoms with van der Waals surface area (Å²) < 4.78 is 1.15. The molecule has 0 saturated carbocycles. The van der Waals surface area contributed by atoms with Crippen LogP contribution in [0.5, 0.6) is 0 Å². The summed E-state index contributed by atoms with van der Waals surface area (Å²) in [4.78, 5) is 0. The van der Waals surface area contributed by atoms with Gasteiger partial charge in [0.15, 0.2) is 0 Å². The van der Waals surface area contributed by atoms with Gasteiger partial charge in [-0.25, -0.2) is 0 Å². The van der Waals surface area contributed by atoms with E-state index in [1.165, 1.54) is 0 Å². The fourth-order valence-corrected chi connectivity index (χ4v) is 2.41. The van der Waals surface area contributed by atoms with Gasteiger partial charge in [-0.1, -0.05) is 17.7 Å². The number of halogens is 1. The molecule has 0 bridgehead atoms. The van der Waals surface area contributed by atoms with E-state index in [0.717, 1.165) is 20.8 Å². The van der Waals surface area contributed by atoms with E-state index in [4.69, 9.17) is 17.4 Å². The minimum atomic E-state index is 0.753. The van der Waals surface area contributed by atoms with Crippen molar-refractivity contribution in [3.8, 4) is 0 Å². The van der Waals surface area contributed by atoms with Crippen molar-refractivity contribution in [3.63, 3.8) is 0 Å². The zero-order valence-corrected chi connectivity index (χ0v) is 7.75. The number of anilines is 1. The maximum absolute atomic E-state index is 5.97. The van der Waals surface area contributed by atoms with Gasteiger partial charge >= 0.3 is 0 Å². The van der Waals surface area contributed by atoms with Crippen LogP contribution in [-0.4, -0.2) is 0 Å². The Hall–Kier alpha value is -0.770. The summed E-state index contributed by atoms with van der Waals surface area (Å²) in [5, 5.41) is 3.67. The van der Waals surface area contributed by atoms with Crippen LogP contribution >= 0.6 is 22.9 Å². The summed E-state index contributed by atoms with van der Waals surface area (Å²) in [6.07, 6.45) is 0. The lowest BCUT2D eigenvalue weighted by molar-refractivity contribution is 1.37. The number of nitrogens with one attached hydrogen (secondary N) is 1. The van der Waals surface area contributed by atoms with E-state index in [0.29, 0.717) is 0 Å². The van der Waals surface area contributed by atoms with Crippen LogP contribution in [0.4, 0.5) is 5.69 Å². The first-order valence-electron chi connectivity index (χ1n) is 3.45. The number of hydrogen-bond donors (Lipinski definition) is 2. The lowest BCUT2D eigenvalue weighted by Crippen LogP contribution is -2.06. The molecule has 0 saturated heterocycles. The molecule has 0 aliphatic heterocycles. The molecule has 0 aliphatic rings. The molecule has 4 heteroatoms. The highest BCUT2D eigenvalue weighted by molar-refractivity contribution is 7.18. The van der Waals surface area contributed by atoms with Gasteiger partial charge in [0.25, 0.3) is 0 Å². The topological polar surface area (TPSA) is 38.0 Å². The highest BCUT2D eigenvalue weighted by Crippen LogP contribution is 2.34. The number of fused-ring (bicyclic) bond motifs is 1. The fraction of sp³-hybridized carbons (Fsp3) is 0. The second-order valence-corrected chi connectivity index (χ2v) is 3.73. The standard InChI is InChI=1S/C8H7ClN2S/c9-5-4-12-7-3-1-2-6(11-10)8(5)7/h1-4,11H,10H2. The van der Waals surface area contributed by atoms with Gasteiger partial charge in [0, 0.05) is 15.5 Å². The average molecular weight is 199 g/mol. The number of rotatable bonds is 1. The minimum absolute atomic E-state index is 0.753. The van der Waals surface area contributed by atoms with Crippen molar-refractivity contribution in [3.05, 3.63) is 28.6 Å². The molecule has 0 unspecified atom stereocenters. The highest BCUT2D eigenvalue weighted by Gasteiger charge is 2.04. The van der Waals surface area contributed by atoms with Crippen LogP contribution in [0.2, 0.25) is 5.02 Å². The number of nitrogens with two attached hydrogens (primary N) is 1. The summed E-state index contributed by atoms with van der Waals surface area (Å²) in [5.41, 5.74) is 3.49. The molecule has 0 fully saturated rings. The first-order chi connectivity index (χ1) is 5.83. The first kappa shape index (κ1) is 7.86. The average Bonchev–Trinajstić information content (AvgIpc) is 2.48. The molecular formula is C8H7ClN2S. The van der Waals surface area contributed by atoms with Crippen LogP contribution < -0.4 is 11.3 Å². The van der Waals surface area contributed by atoms with Crippen LogP contribution in [0.1, 0.15) is 0 Å². The van der Waals surface area contributed by atoms with Crippen LogP contribution in [0.15, 0.2) is 23.6 Å². The molecule has 1 aromatic carbocycles. The predicted octanol–water partition coefficient (Wildman–Crippen LogP) is 2.84. The Balaban J connectivity index is 2.84. The molecule has 0 aliphatic carbocycles. The van der Waals surface area contributed by atoms with E-state index >= 15 is 0 Å². The monoisotopic (exact) mass is 198 g/mol. The largest absolute Gasteiger partial charge is 0.323 e. The number of thiophene rings is 1. The van der Waals surface area contributed by atoms with Crippen molar-refractivity contribution >= 4 is 38.7 Å². The van der Waals surface area contributed by atoms with Crippen molar-refractivity contribution in [2.75, 3.05) is 5.43 Å². The van der Waals surface area contributed by atoms with Crippen LogP contribution in [0.25, 0.3) is 10.1 Å². The zero-order valence-electron chi connectivity index (χ0n) is 6.17. The van der Waals surface area contributed by atoms with Crippen molar-refractivity contribution in [1.29, 1.82) is 0 Å². The second-order valence-electron chi connectivity index (χ2n) is 2.41. The summed E-state index contributed by atoms with van der Waals surface area (Å²) in [6.45, 7) is 0. The predicted molar refractivity (Wildman–Crippen MR) is 54.6 cm³/mol. The number of nitrogen functional groups attached to an aromatic ring is 1. The Morgan fingerprint density at radius 2 is 2.25 bits per heavy atom. The smallest absolute Gasteiger partial charge is 0.0613 e. The van der Waals surface area contributed by atoms with Gasteiger partial charge in [0.2, 0.25) is 0 Å². The number of benzene rings is 1. The molecule has 0 amide bonds. The van der Waals surface area contributed by atoms with Crippen LogP contribution in [0, 0.1) is 0 Å². The number of hydrazine groups is 1. The maximum atomic E-state index is 5.97. The van der Waals surface area contributed by atoms with Gasteiger partial charge in [0.1, 0.15) is 0 Å². The molecule has 1 aromatic heterocycles. The Labute approximate surface area is 78.9 Å². The van der Waals surface area contributed by atoms with Crippen LogP contribution in [-0.2, 0) is 0 Å². The third kappa shape index (κ3) is 1.06. The molecule has 1 heterocycles. The van der Waals surface area contributed by atoms with E-state index in [2.05, 4.69) is 5.43 Å². The van der Waals surface area contributed by atoms with Crippen LogP contribution in [0.3, 0.4) is 0 Å². The number of hydrogen-bond acceptors (Lipinski definition) is 3. The van der Waals surface area contributed by atoms with Crippen molar-refractivity contribution in [1.82, 2.24) is 0 Å².